The van der Waals surface area contributed by atoms with Gasteiger partial charge in [-0.15, -0.1) is 0 Å². The van der Waals surface area contributed by atoms with Crippen LogP contribution in [-0.4, -0.2) is 4.98 Å². The quantitative estimate of drug-likeness (QED) is 0.765. The van der Waals surface area contributed by atoms with Crippen LogP contribution in [0.2, 0.25) is 5.15 Å². The van der Waals surface area contributed by atoms with Crippen molar-refractivity contribution in [1.82, 2.24) is 4.98 Å². The largest absolute Gasteiger partial charge is 0.456 e. The fraction of sp³-hybridized carbons (Fsp3) is 0.143. The van der Waals surface area contributed by atoms with Gasteiger partial charge in [0.2, 0.25) is 0 Å². The third-order valence-electron chi connectivity index (χ3n) is 2.75. The first-order valence-corrected chi connectivity index (χ1v) is 5.80. The Morgan fingerprint density at radius 2 is 2.00 bits per heavy atom. The van der Waals surface area contributed by atoms with E-state index in [9.17, 15) is 0 Å². The van der Waals surface area contributed by atoms with Crippen molar-refractivity contribution in [2.45, 2.75) is 13.8 Å². The molecule has 0 aliphatic heterocycles. The molecule has 2 rings (SSSR count). The summed E-state index contributed by atoms with van der Waals surface area (Å²) in [5.74, 6) is 1.14. The van der Waals surface area contributed by atoms with Crippen LogP contribution >= 0.6 is 11.6 Å². The maximum Gasteiger partial charge on any atom is 0.150 e. The second kappa shape index (κ2) is 5.07. The van der Waals surface area contributed by atoms with E-state index in [1.165, 1.54) is 6.20 Å². The lowest BCUT2D eigenvalue weighted by Crippen LogP contribution is -1.93. The number of hydrogen-bond donors (Lipinski definition) is 0. The van der Waals surface area contributed by atoms with Crippen LogP contribution in [0.1, 0.15) is 16.7 Å². The number of ether oxygens (including phenoxy) is 1. The first-order valence-electron chi connectivity index (χ1n) is 5.42. The molecule has 4 heteroatoms. The fourth-order valence-electron chi connectivity index (χ4n) is 1.56. The highest BCUT2D eigenvalue weighted by molar-refractivity contribution is 6.30. The topological polar surface area (TPSA) is 45.9 Å². The molecule has 0 spiro atoms. The van der Waals surface area contributed by atoms with Crippen LogP contribution in [-0.2, 0) is 0 Å². The summed E-state index contributed by atoms with van der Waals surface area (Å²) in [6, 6.07) is 9.40. The average Bonchev–Trinajstić information content (AvgIpc) is 2.35. The molecule has 90 valence electrons. The molecule has 0 atom stereocenters. The zero-order valence-corrected chi connectivity index (χ0v) is 10.8. The Morgan fingerprint density at radius 3 is 2.72 bits per heavy atom. The number of rotatable bonds is 2. The molecular formula is C14H11ClN2O. The number of pyridine rings is 1. The van der Waals surface area contributed by atoms with Crippen molar-refractivity contribution >= 4 is 11.6 Å². The van der Waals surface area contributed by atoms with E-state index in [-0.39, 0.29) is 10.7 Å². The zero-order valence-electron chi connectivity index (χ0n) is 10.1. The Bertz CT molecular complexity index is 632. The molecule has 18 heavy (non-hydrogen) atoms. The number of halogens is 1. The van der Waals surface area contributed by atoms with Crippen LogP contribution in [0, 0.1) is 25.2 Å². The summed E-state index contributed by atoms with van der Waals surface area (Å²) in [4.78, 5) is 3.86. The Balaban J connectivity index is 2.44. The van der Waals surface area contributed by atoms with Gasteiger partial charge in [0.1, 0.15) is 23.1 Å². The molecule has 1 aromatic carbocycles. The summed E-state index contributed by atoms with van der Waals surface area (Å²) in [5.41, 5.74) is 2.42. The number of benzene rings is 1. The standard InChI is InChI=1S/C14H11ClN2O/c1-9-4-3-5-12(10(9)2)18-13-6-7-17-14(15)11(13)8-16/h3-7H,1-2H3. The molecule has 0 unspecified atom stereocenters. The second-order valence-corrected chi connectivity index (χ2v) is 4.24. The van der Waals surface area contributed by atoms with Crippen molar-refractivity contribution < 1.29 is 4.74 Å². The summed E-state index contributed by atoms with van der Waals surface area (Å²) in [6.07, 6.45) is 1.52. The van der Waals surface area contributed by atoms with Gasteiger partial charge in [-0.05, 0) is 31.0 Å². The second-order valence-electron chi connectivity index (χ2n) is 3.89. The SMILES string of the molecule is Cc1cccc(Oc2ccnc(Cl)c2C#N)c1C. The van der Waals surface area contributed by atoms with Crippen molar-refractivity contribution in [3.05, 3.63) is 52.3 Å². The molecule has 3 nitrogen and oxygen atoms in total. The van der Waals surface area contributed by atoms with E-state index in [1.807, 2.05) is 38.1 Å². The smallest absolute Gasteiger partial charge is 0.150 e. The lowest BCUT2D eigenvalue weighted by atomic mass is 10.1. The molecule has 1 aromatic heterocycles. The lowest BCUT2D eigenvalue weighted by molar-refractivity contribution is 0.476. The van der Waals surface area contributed by atoms with Crippen LogP contribution in [0.3, 0.4) is 0 Å². The van der Waals surface area contributed by atoms with E-state index in [1.54, 1.807) is 6.07 Å². The van der Waals surface area contributed by atoms with Gasteiger partial charge in [-0.1, -0.05) is 23.7 Å². The first-order chi connectivity index (χ1) is 8.63. The van der Waals surface area contributed by atoms with Crippen LogP contribution in [0.5, 0.6) is 11.5 Å². The number of aromatic nitrogens is 1. The van der Waals surface area contributed by atoms with Gasteiger partial charge < -0.3 is 4.74 Å². The highest BCUT2D eigenvalue weighted by Crippen LogP contribution is 2.31. The van der Waals surface area contributed by atoms with E-state index in [0.29, 0.717) is 11.5 Å². The summed E-state index contributed by atoms with van der Waals surface area (Å²) in [7, 11) is 0. The molecule has 0 bridgehead atoms. The zero-order chi connectivity index (χ0) is 13.1. The highest BCUT2D eigenvalue weighted by atomic mass is 35.5. The molecular weight excluding hydrogens is 248 g/mol. The van der Waals surface area contributed by atoms with E-state index in [2.05, 4.69) is 4.98 Å². The molecule has 2 aromatic rings. The van der Waals surface area contributed by atoms with Gasteiger partial charge in [0, 0.05) is 12.3 Å². The molecule has 1 heterocycles. The van der Waals surface area contributed by atoms with Gasteiger partial charge in [0.05, 0.1) is 0 Å². The van der Waals surface area contributed by atoms with Crippen molar-refractivity contribution in [1.29, 1.82) is 5.26 Å². The average molecular weight is 259 g/mol. The van der Waals surface area contributed by atoms with E-state index in [4.69, 9.17) is 21.6 Å². The molecule has 0 fully saturated rings. The van der Waals surface area contributed by atoms with Crippen LogP contribution in [0.4, 0.5) is 0 Å². The first kappa shape index (κ1) is 12.4. The highest BCUT2D eigenvalue weighted by Gasteiger charge is 2.11. The molecule has 0 amide bonds. The number of nitrogens with zero attached hydrogens (tertiary/aromatic N) is 2. The van der Waals surface area contributed by atoms with Crippen molar-refractivity contribution in [3.63, 3.8) is 0 Å². The Kier molecular flexibility index (Phi) is 3.50. The van der Waals surface area contributed by atoms with Crippen molar-refractivity contribution in [2.24, 2.45) is 0 Å². The predicted octanol–water partition coefficient (Wildman–Crippen LogP) is 4.02. The fourth-order valence-corrected chi connectivity index (χ4v) is 1.75. The maximum atomic E-state index is 9.05. The van der Waals surface area contributed by atoms with Gasteiger partial charge in [0.25, 0.3) is 0 Å². The van der Waals surface area contributed by atoms with Gasteiger partial charge in [-0.25, -0.2) is 4.98 Å². The minimum absolute atomic E-state index is 0.153. The summed E-state index contributed by atoms with van der Waals surface area (Å²) >= 11 is 5.85. The third-order valence-corrected chi connectivity index (χ3v) is 3.04. The maximum absolute atomic E-state index is 9.05. The molecule has 0 aliphatic carbocycles. The summed E-state index contributed by atoms with van der Waals surface area (Å²) in [6.45, 7) is 3.98. The molecule has 0 saturated carbocycles. The number of aryl methyl sites for hydroxylation is 1. The van der Waals surface area contributed by atoms with Gasteiger partial charge in [0.15, 0.2) is 5.15 Å². The molecule has 0 N–H and O–H groups in total. The van der Waals surface area contributed by atoms with E-state index >= 15 is 0 Å². The van der Waals surface area contributed by atoms with E-state index in [0.717, 1.165) is 11.1 Å². The normalized spacial score (nSPS) is 9.89. The predicted molar refractivity (Wildman–Crippen MR) is 70.0 cm³/mol. The van der Waals surface area contributed by atoms with Crippen molar-refractivity contribution in [3.8, 4) is 17.6 Å². The third kappa shape index (κ3) is 2.29. The van der Waals surface area contributed by atoms with Gasteiger partial charge in [-0.3, -0.25) is 0 Å². The van der Waals surface area contributed by atoms with Crippen LogP contribution in [0.25, 0.3) is 0 Å². The Hall–Kier alpha value is -2.05. The summed E-state index contributed by atoms with van der Waals surface area (Å²) < 4.78 is 5.75. The minimum Gasteiger partial charge on any atom is -0.456 e. The Morgan fingerprint density at radius 1 is 1.22 bits per heavy atom. The lowest BCUT2D eigenvalue weighted by Gasteiger charge is -2.11. The monoisotopic (exact) mass is 258 g/mol. The molecule has 0 radical (unpaired) electrons. The van der Waals surface area contributed by atoms with Gasteiger partial charge in [-0.2, -0.15) is 5.26 Å². The summed E-state index contributed by atoms with van der Waals surface area (Å²) in [5, 5.41) is 9.20. The van der Waals surface area contributed by atoms with Crippen LogP contribution in [0.15, 0.2) is 30.5 Å². The van der Waals surface area contributed by atoms with E-state index < -0.39 is 0 Å². The molecule has 0 aliphatic rings. The Labute approximate surface area is 111 Å². The van der Waals surface area contributed by atoms with Gasteiger partial charge >= 0.3 is 0 Å². The van der Waals surface area contributed by atoms with Crippen LogP contribution < -0.4 is 4.74 Å². The minimum atomic E-state index is 0.153. The number of hydrogen-bond acceptors (Lipinski definition) is 3. The number of nitriles is 1. The molecule has 0 saturated heterocycles. The van der Waals surface area contributed by atoms with Crippen molar-refractivity contribution in [2.75, 3.05) is 0 Å².